The van der Waals surface area contributed by atoms with Gasteiger partial charge in [0.25, 0.3) is 11.8 Å². The van der Waals surface area contributed by atoms with Gasteiger partial charge in [-0.05, 0) is 48.0 Å². The first-order valence-corrected chi connectivity index (χ1v) is 8.96. The van der Waals surface area contributed by atoms with E-state index in [1.165, 1.54) is 12.1 Å². The standard InChI is InChI=1S/C21H16Cl2N2O2/c22-17-10-16(11-18(23)12-17)21(27)25-19-8-6-15(7-9-19)20(26)24-13-14-4-2-1-3-5-14/h1-12H,13H2,(H,24,26)(H,25,27). The molecule has 0 aromatic heterocycles. The summed E-state index contributed by atoms with van der Waals surface area (Å²) in [6.07, 6.45) is 0. The second-order valence-electron chi connectivity index (χ2n) is 5.86. The van der Waals surface area contributed by atoms with Crippen molar-refractivity contribution in [3.63, 3.8) is 0 Å². The van der Waals surface area contributed by atoms with Crippen LogP contribution in [0.4, 0.5) is 5.69 Å². The van der Waals surface area contributed by atoms with E-state index in [0.29, 0.717) is 33.4 Å². The molecule has 0 spiro atoms. The summed E-state index contributed by atoms with van der Waals surface area (Å²) >= 11 is 11.8. The average Bonchev–Trinajstić information content (AvgIpc) is 2.66. The molecular weight excluding hydrogens is 383 g/mol. The molecule has 3 rings (SSSR count). The van der Waals surface area contributed by atoms with Crippen LogP contribution >= 0.6 is 23.2 Å². The lowest BCUT2D eigenvalue weighted by Gasteiger charge is -2.08. The topological polar surface area (TPSA) is 58.2 Å². The molecule has 136 valence electrons. The lowest BCUT2D eigenvalue weighted by atomic mass is 10.1. The van der Waals surface area contributed by atoms with Gasteiger partial charge in [-0.15, -0.1) is 0 Å². The van der Waals surface area contributed by atoms with Gasteiger partial charge in [0.2, 0.25) is 0 Å². The van der Waals surface area contributed by atoms with E-state index in [2.05, 4.69) is 10.6 Å². The van der Waals surface area contributed by atoms with Gasteiger partial charge >= 0.3 is 0 Å². The Hall–Kier alpha value is -2.82. The molecule has 2 N–H and O–H groups in total. The summed E-state index contributed by atoms with van der Waals surface area (Å²) in [5, 5.41) is 6.38. The van der Waals surface area contributed by atoms with Crippen molar-refractivity contribution >= 4 is 40.7 Å². The van der Waals surface area contributed by atoms with Gasteiger partial charge in [-0.25, -0.2) is 0 Å². The summed E-state index contributed by atoms with van der Waals surface area (Å²) in [5.74, 6) is -0.515. The summed E-state index contributed by atoms with van der Waals surface area (Å²) in [4.78, 5) is 24.5. The summed E-state index contributed by atoms with van der Waals surface area (Å²) in [6, 6.07) is 20.9. The third-order valence-corrected chi connectivity index (χ3v) is 4.26. The minimum Gasteiger partial charge on any atom is -0.348 e. The van der Waals surface area contributed by atoms with Gasteiger partial charge in [-0.2, -0.15) is 0 Å². The minimum atomic E-state index is -0.333. The number of anilines is 1. The number of benzene rings is 3. The molecule has 0 heterocycles. The van der Waals surface area contributed by atoms with Gasteiger partial charge in [0, 0.05) is 33.4 Å². The highest BCUT2D eigenvalue weighted by Crippen LogP contribution is 2.20. The van der Waals surface area contributed by atoms with Gasteiger partial charge < -0.3 is 10.6 Å². The molecule has 0 bridgehead atoms. The maximum absolute atomic E-state index is 12.3. The van der Waals surface area contributed by atoms with Crippen molar-refractivity contribution < 1.29 is 9.59 Å². The van der Waals surface area contributed by atoms with E-state index in [1.54, 1.807) is 30.3 Å². The van der Waals surface area contributed by atoms with E-state index in [-0.39, 0.29) is 11.8 Å². The lowest BCUT2D eigenvalue weighted by molar-refractivity contribution is 0.0950. The first-order valence-electron chi connectivity index (χ1n) is 8.21. The molecule has 27 heavy (non-hydrogen) atoms. The normalized spacial score (nSPS) is 10.3. The second-order valence-corrected chi connectivity index (χ2v) is 6.73. The fraction of sp³-hybridized carbons (Fsp3) is 0.0476. The van der Waals surface area contributed by atoms with E-state index in [1.807, 2.05) is 30.3 Å². The largest absolute Gasteiger partial charge is 0.348 e. The first kappa shape index (κ1) is 19.0. The van der Waals surface area contributed by atoms with Gasteiger partial charge in [-0.3, -0.25) is 9.59 Å². The second kappa shape index (κ2) is 8.71. The summed E-state index contributed by atoms with van der Waals surface area (Å²) in [5.41, 5.74) is 2.46. The average molecular weight is 399 g/mol. The molecule has 0 aliphatic rings. The van der Waals surface area contributed by atoms with Gasteiger partial charge in [0.1, 0.15) is 0 Å². The Morgan fingerprint density at radius 1 is 0.741 bits per heavy atom. The van der Waals surface area contributed by atoms with Crippen LogP contribution < -0.4 is 10.6 Å². The highest BCUT2D eigenvalue weighted by molar-refractivity contribution is 6.35. The number of carbonyl (C=O) groups is 2. The Labute approximate surface area is 167 Å². The smallest absolute Gasteiger partial charge is 0.255 e. The number of hydrogen-bond acceptors (Lipinski definition) is 2. The minimum absolute atomic E-state index is 0.182. The Morgan fingerprint density at radius 3 is 2.00 bits per heavy atom. The van der Waals surface area contributed by atoms with Crippen molar-refractivity contribution in [2.24, 2.45) is 0 Å². The van der Waals surface area contributed by atoms with E-state index in [4.69, 9.17) is 23.2 Å². The Bertz CT molecular complexity index is 937. The van der Waals surface area contributed by atoms with Crippen molar-refractivity contribution in [2.45, 2.75) is 6.54 Å². The van der Waals surface area contributed by atoms with Crippen molar-refractivity contribution in [3.05, 3.63) is 99.5 Å². The highest BCUT2D eigenvalue weighted by atomic mass is 35.5. The predicted octanol–water partition coefficient (Wildman–Crippen LogP) is 5.18. The molecule has 0 atom stereocenters. The molecule has 0 aliphatic heterocycles. The maximum Gasteiger partial charge on any atom is 0.255 e. The summed E-state index contributed by atoms with van der Waals surface area (Å²) in [6.45, 7) is 0.452. The van der Waals surface area contributed by atoms with Crippen LogP contribution in [0.2, 0.25) is 10.0 Å². The fourth-order valence-corrected chi connectivity index (χ4v) is 3.00. The van der Waals surface area contributed by atoms with Crippen molar-refractivity contribution in [2.75, 3.05) is 5.32 Å². The number of hydrogen-bond donors (Lipinski definition) is 2. The van der Waals surface area contributed by atoms with E-state index < -0.39 is 0 Å². The summed E-state index contributed by atoms with van der Waals surface area (Å²) < 4.78 is 0. The number of halogens is 2. The Balaban J connectivity index is 1.61. The number of amides is 2. The predicted molar refractivity (Wildman–Crippen MR) is 108 cm³/mol. The zero-order valence-electron chi connectivity index (χ0n) is 14.2. The third kappa shape index (κ3) is 5.33. The lowest BCUT2D eigenvalue weighted by Crippen LogP contribution is -2.22. The van der Waals surface area contributed by atoms with Crippen LogP contribution in [-0.2, 0) is 6.54 Å². The third-order valence-electron chi connectivity index (χ3n) is 3.83. The molecule has 0 aliphatic carbocycles. The molecule has 0 unspecified atom stereocenters. The molecule has 3 aromatic rings. The number of rotatable bonds is 5. The zero-order valence-corrected chi connectivity index (χ0v) is 15.7. The molecule has 6 heteroatoms. The molecule has 2 amide bonds. The Kier molecular flexibility index (Phi) is 6.12. The van der Waals surface area contributed by atoms with Crippen LogP contribution in [-0.4, -0.2) is 11.8 Å². The highest BCUT2D eigenvalue weighted by Gasteiger charge is 2.10. The van der Waals surface area contributed by atoms with Crippen LogP contribution in [0, 0.1) is 0 Å². The first-order chi connectivity index (χ1) is 13.0. The molecule has 0 fully saturated rings. The van der Waals surface area contributed by atoms with Crippen LogP contribution in [0.5, 0.6) is 0 Å². The maximum atomic E-state index is 12.3. The van der Waals surface area contributed by atoms with Gasteiger partial charge in [0.15, 0.2) is 0 Å². The molecular formula is C21H16Cl2N2O2. The molecule has 4 nitrogen and oxygen atoms in total. The fourth-order valence-electron chi connectivity index (χ4n) is 2.47. The van der Waals surface area contributed by atoms with Crippen molar-refractivity contribution in [1.29, 1.82) is 0 Å². The van der Waals surface area contributed by atoms with Gasteiger partial charge in [-0.1, -0.05) is 53.5 Å². The van der Waals surface area contributed by atoms with Crippen molar-refractivity contribution in [3.8, 4) is 0 Å². The Morgan fingerprint density at radius 2 is 1.37 bits per heavy atom. The summed E-state index contributed by atoms with van der Waals surface area (Å²) in [7, 11) is 0. The van der Waals surface area contributed by atoms with E-state index in [9.17, 15) is 9.59 Å². The van der Waals surface area contributed by atoms with E-state index >= 15 is 0 Å². The SMILES string of the molecule is O=C(NCc1ccccc1)c1ccc(NC(=O)c2cc(Cl)cc(Cl)c2)cc1. The number of nitrogens with one attached hydrogen (secondary N) is 2. The molecule has 0 radical (unpaired) electrons. The zero-order chi connectivity index (χ0) is 19.2. The van der Waals surface area contributed by atoms with Crippen LogP contribution in [0.3, 0.4) is 0 Å². The van der Waals surface area contributed by atoms with Crippen LogP contribution in [0.1, 0.15) is 26.3 Å². The molecule has 0 saturated heterocycles. The molecule has 0 saturated carbocycles. The molecule has 3 aromatic carbocycles. The quantitative estimate of drug-likeness (QED) is 0.622. The van der Waals surface area contributed by atoms with E-state index in [0.717, 1.165) is 5.56 Å². The van der Waals surface area contributed by atoms with Crippen molar-refractivity contribution in [1.82, 2.24) is 5.32 Å². The van der Waals surface area contributed by atoms with Crippen LogP contribution in [0.25, 0.3) is 0 Å². The van der Waals surface area contributed by atoms with Gasteiger partial charge in [0.05, 0.1) is 0 Å². The van der Waals surface area contributed by atoms with Crippen LogP contribution in [0.15, 0.2) is 72.8 Å². The monoisotopic (exact) mass is 398 g/mol. The number of carbonyl (C=O) groups excluding carboxylic acids is 2.